The van der Waals surface area contributed by atoms with Crippen molar-refractivity contribution in [3.05, 3.63) is 23.4 Å². The van der Waals surface area contributed by atoms with Crippen LogP contribution in [0.15, 0.2) is 12.1 Å². The van der Waals surface area contributed by atoms with Crippen LogP contribution in [0.4, 0.5) is 0 Å². The molecule has 7 nitrogen and oxygen atoms in total. The average molecular weight is 375 g/mol. The molecule has 3 atom stereocenters. The maximum Gasteiger partial charge on any atom is 0.270 e. The van der Waals surface area contributed by atoms with Crippen LogP contribution in [0.1, 0.15) is 60.5 Å². The zero-order chi connectivity index (χ0) is 18.8. The molecule has 4 N–H and O–H groups in total. The number of nitrogens with two attached hydrogens (primary N) is 1. The van der Waals surface area contributed by atoms with E-state index in [0.29, 0.717) is 49.7 Å². The summed E-state index contributed by atoms with van der Waals surface area (Å²) < 4.78 is 11.4. The maximum atomic E-state index is 12.8. The molecule has 1 amide bonds. The molecule has 0 spiro atoms. The fourth-order valence-electron chi connectivity index (χ4n) is 3.62. The summed E-state index contributed by atoms with van der Waals surface area (Å²) in [5.41, 5.74) is 7.02. The smallest absolute Gasteiger partial charge is 0.270 e. The van der Waals surface area contributed by atoms with E-state index in [-0.39, 0.29) is 17.9 Å². The van der Waals surface area contributed by atoms with Gasteiger partial charge in [0.05, 0.1) is 13.2 Å². The molecular formula is C20H29N3O4. The lowest BCUT2D eigenvalue weighted by Gasteiger charge is -2.25. The van der Waals surface area contributed by atoms with Crippen molar-refractivity contribution in [2.75, 3.05) is 19.8 Å². The minimum atomic E-state index is -0.974. The number of rotatable bonds is 9. The Balaban J connectivity index is 1.46. The van der Waals surface area contributed by atoms with E-state index in [0.717, 1.165) is 24.8 Å². The molecule has 2 heterocycles. The summed E-state index contributed by atoms with van der Waals surface area (Å²) in [5, 5.41) is 12.6. The molecule has 3 fully saturated rings. The Kier molecular flexibility index (Phi) is 5.61. The minimum Gasteiger partial charge on any atom is -0.477 e. The SMILES string of the molecule is NC(O)CC(NC(=O)c1ccc(C2CC2)c(OCC2CC2)n1)C1CCOC1. The molecule has 2 saturated carbocycles. The molecule has 4 rings (SSSR count). The molecule has 1 aromatic heterocycles. The number of nitrogens with one attached hydrogen (secondary N) is 1. The highest BCUT2D eigenvalue weighted by Crippen LogP contribution is 2.44. The van der Waals surface area contributed by atoms with Crippen LogP contribution in [0.5, 0.6) is 5.88 Å². The number of aliphatic hydroxyl groups excluding tert-OH is 1. The van der Waals surface area contributed by atoms with Crippen LogP contribution in [0.2, 0.25) is 0 Å². The first-order valence-corrected chi connectivity index (χ1v) is 10.1. The molecule has 148 valence electrons. The summed E-state index contributed by atoms with van der Waals surface area (Å²) in [5.74, 6) is 1.65. The second kappa shape index (κ2) is 8.12. The number of carbonyl (C=O) groups excluding carboxylic acids is 1. The molecule has 1 saturated heterocycles. The molecule has 1 aliphatic heterocycles. The zero-order valence-electron chi connectivity index (χ0n) is 15.6. The zero-order valence-corrected chi connectivity index (χ0v) is 15.6. The number of pyridine rings is 1. The van der Waals surface area contributed by atoms with Crippen LogP contribution >= 0.6 is 0 Å². The third kappa shape index (κ3) is 4.97. The van der Waals surface area contributed by atoms with Gasteiger partial charge in [0.15, 0.2) is 0 Å². The first-order chi connectivity index (χ1) is 13.1. The lowest BCUT2D eigenvalue weighted by atomic mass is 9.95. The minimum absolute atomic E-state index is 0.156. The van der Waals surface area contributed by atoms with E-state index in [1.54, 1.807) is 6.07 Å². The van der Waals surface area contributed by atoms with Crippen LogP contribution in [0.3, 0.4) is 0 Å². The Bertz CT molecular complexity index is 667. The summed E-state index contributed by atoms with van der Waals surface area (Å²) in [4.78, 5) is 17.3. The van der Waals surface area contributed by atoms with Crippen molar-refractivity contribution >= 4 is 5.91 Å². The number of hydrogen-bond donors (Lipinski definition) is 3. The van der Waals surface area contributed by atoms with Crippen molar-refractivity contribution in [2.45, 2.75) is 56.7 Å². The monoisotopic (exact) mass is 375 g/mol. The topological polar surface area (TPSA) is 107 Å². The van der Waals surface area contributed by atoms with Gasteiger partial charge in [0.2, 0.25) is 5.88 Å². The van der Waals surface area contributed by atoms with E-state index >= 15 is 0 Å². The van der Waals surface area contributed by atoms with Crippen molar-refractivity contribution in [3.63, 3.8) is 0 Å². The Hall–Kier alpha value is -1.70. The molecule has 1 aromatic rings. The fourth-order valence-corrected chi connectivity index (χ4v) is 3.62. The van der Waals surface area contributed by atoms with Gasteiger partial charge < -0.3 is 25.6 Å². The van der Waals surface area contributed by atoms with Crippen LogP contribution in [0, 0.1) is 11.8 Å². The normalized spacial score (nSPS) is 24.4. The van der Waals surface area contributed by atoms with E-state index in [4.69, 9.17) is 15.2 Å². The number of aromatic nitrogens is 1. The van der Waals surface area contributed by atoms with E-state index < -0.39 is 6.23 Å². The molecule has 0 aromatic carbocycles. The Morgan fingerprint density at radius 1 is 1.33 bits per heavy atom. The summed E-state index contributed by atoms with van der Waals surface area (Å²) in [7, 11) is 0. The van der Waals surface area contributed by atoms with Gasteiger partial charge in [-0.05, 0) is 50.0 Å². The van der Waals surface area contributed by atoms with E-state index in [1.165, 1.54) is 12.8 Å². The van der Waals surface area contributed by atoms with Gasteiger partial charge in [-0.25, -0.2) is 4.98 Å². The summed E-state index contributed by atoms with van der Waals surface area (Å²) in [6.07, 6.45) is 4.92. The highest BCUT2D eigenvalue weighted by Gasteiger charge is 2.31. The number of ether oxygens (including phenoxy) is 2. The van der Waals surface area contributed by atoms with E-state index in [9.17, 15) is 9.90 Å². The van der Waals surface area contributed by atoms with Crippen molar-refractivity contribution in [3.8, 4) is 5.88 Å². The van der Waals surface area contributed by atoms with Crippen molar-refractivity contribution in [1.82, 2.24) is 10.3 Å². The molecule has 7 heteroatoms. The van der Waals surface area contributed by atoms with Crippen LogP contribution in [-0.4, -0.2) is 48.1 Å². The average Bonchev–Trinajstić information content (AvgIpc) is 3.58. The number of amides is 1. The molecule has 27 heavy (non-hydrogen) atoms. The Labute approximate surface area is 159 Å². The second-order valence-electron chi connectivity index (χ2n) is 8.13. The van der Waals surface area contributed by atoms with Gasteiger partial charge in [0.25, 0.3) is 5.91 Å². The summed E-state index contributed by atoms with van der Waals surface area (Å²) in [6, 6.07) is 3.52. The maximum absolute atomic E-state index is 12.8. The first kappa shape index (κ1) is 18.7. The number of hydrogen-bond acceptors (Lipinski definition) is 6. The third-order valence-corrected chi connectivity index (χ3v) is 5.64. The largest absolute Gasteiger partial charge is 0.477 e. The lowest BCUT2D eigenvalue weighted by Crippen LogP contribution is -2.44. The summed E-state index contributed by atoms with van der Waals surface area (Å²) >= 11 is 0. The van der Waals surface area contributed by atoms with Crippen LogP contribution in [0.25, 0.3) is 0 Å². The Morgan fingerprint density at radius 3 is 2.78 bits per heavy atom. The van der Waals surface area contributed by atoms with E-state index in [2.05, 4.69) is 10.3 Å². The van der Waals surface area contributed by atoms with Crippen molar-refractivity contribution in [1.29, 1.82) is 0 Å². The third-order valence-electron chi connectivity index (χ3n) is 5.64. The summed E-state index contributed by atoms with van der Waals surface area (Å²) in [6.45, 7) is 1.92. The molecular weight excluding hydrogens is 346 g/mol. The number of nitrogens with zero attached hydrogens (tertiary/aromatic N) is 1. The quantitative estimate of drug-likeness (QED) is 0.566. The standard InChI is InChI=1S/C20H29N3O4/c21-18(24)9-17(14-7-8-26-11-14)22-19(25)16-6-5-15(13-3-4-13)20(23-16)27-10-12-1-2-12/h5-6,12-14,17-18,24H,1-4,7-11,21H2,(H,22,25). The molecule has 3 unspecified atom stereocenters. The van der Waals surface area contributed by atoms with Gasteiger partial charge in [-0.1, -0.05) is 6.07 Å². The second-order valence-corrected chi connectivity index (χ2v) is 8.13. The van der Waals surface area contributed by atoms with Gasteiger partial charge in [0, 0.05) is 30.6 Å². The van der Waals surface area contributed by atoms with Gasteiger partial charge in [0.1, 0.15) is 11.9 Å². The van der Waals surface area contributed by atoms with Crippen LogP contribution < -0.4 is 15.8 Å². The molecule has 0 radical (unpaired) electrons. The fraction of sp³-hybridized carbons (Fsp3) is 0.700. The first-order valence-electron chi connectivity index (χ1n) is 10.1. The van der Waals surface area contributed by atoms with Crippen LogP contribution in [-0.2, 0) is 4.74 Å². The predicted octanol–water partition coefficient (Wildman–Crippen LogP) is 1.55. The van der Waals surface area contributed by atoms with Gasteiger partial charge in [-0.3, -0.25) is 4.79 Å². The molecule has 2 aliphatic carbocycles. The van der Waals surface area contributed by atoms with Crippen molar-refractivity contribution in [2.24, 2.45) is 17.6 Å². The number of aliphatic hydroxyl groups is 1. The predicted molar refractivity (Wildman–Crippen MR) is 99.4 cm³/mol. The lowest BCUT2D eigenvalue weighted by molar-refractivity contribution is 0.0864. The van der Waals surface area contributed by atoms with Gasteiger partial charge in [-0.15, -0.1) is 0 Å². The molecule has 3 aliphatic rings. The number of carbonyl (C=O) groups is 1. The van der Waals surface area contributed by atoms with Gasteiger partial charge in [-0.2, -0.15) is 0 Å². The van der Waals surface area contributed by atoms with Gasteiger partial charge >= 0.3 is 0 Å². The highest BCUT2D eigenvalue weighted by atomic mass is 16.5. The van der Waals surface area contributed by atoms with E-state index in [1.807, 2.05) is 6.07 Å². The molecule has 0 bridgehead atoms. The highest BCUT2D eigenvalue weighted by molar-refractivity contribution is 5.92. The Morgan fingerprint density at radius 2 is 2.15 bits per heavy atom. The van der Waals surface area contributed by atoms with Crippen molar-refractivity contribution < 1.29 is 19.4 Å².